The van der Waals surface area contributed by atoms with Crippen LogP contribution in [0.25, 0.3) is 22.5 Å². The van der Waals surface area contributed by atoms with E-state index >= 15 is 0 Å². The molecule has 2 fully saturated rings. The Morgan fingerprint density at radius 2 is 2.03 bits per heavy atom. The van der Waals surface area contributed by atoms with Gasteiger partial charge in [-0.15, -0.1) is 0 Å². The van der Waals surface area contributed by atoms with Crippen LogP contribution in [0.3, 0.4) is 0 Å². The molecule has 1 atom stereocenters. The smallest absolute Gasteiger partial charge is 0.254 e. The molecule has 0 bridgehead atoms. The molecule has 5 heterocycles. The van der Waals surface area contributed by atoms with Gasteiger partial charge in [-0.3, -0.25) is 4.79 Å². The first-order chi connectivity index (χ1) is 15.4. The van der Waals surface area contributed by atoms with E-state index in [1.165, 1.54) is 0 Å². The Labute approximate surface area is 186 Å². The van der Waals surface area contributed by atoms with E-state index in [2.05, 4.69) is 16.9 Å². The molecule has 2 aliphatic heterocycles. The first-order valence-electron chi connectivity index (χ1n) is 11.0. The van der Waals surface area contributed by atoms with Gasteiger partial charge in [-0.1, -0.05) is 6.92 Å². The van der Waals surface area contributed by atoms with Crippen LogP contribution >= 0.6 is 0 Å². The number of furan rings is 1. The van der Waals surface area contributed by atoms with Crippen molar-refractivity contribution < 1.29 is 17.6 Å². The first kappa shape index (κ1) is 21.1. The number of sulfone groups is 1. The zero-order valence-corrected chi connectivity index (χ0v) is 19.1. The second kappa shape index (κ2) is 8.00. The molecule has 1 amide bonds. The van der Waals surface area contributed by atoms with Gasteiger partial charge in [0, 0.05) is 26.2 Å². The van der Waals surface area contributed by atoms with Gasteiger partial charge >= 0.3 is 0 Å². The van der Waals surface area contributed by atoms with Crippen molar-refractivity contribution >= 4 is 26.8 Å². The lowest BCUT2D eigenvalue weighted by atomic mass is 10.1. The largest absolute Gasteiger partial charge is 0.463 e. The zero-order valence-electron chi connectivity index (χ0n) is 18.3. The minimum Gasteiger partial charge on any atom is -0.463 e. The molecular formula is C22H27N5O4S. The van der Waals surface area contributed by atoms with Gasteiger partial charge in [0.05, 0.1) is 40.5 Å². The number of nitrogens with zero attached hydrogens (tertiary/aromatic N) is 5. The lowest BCUT2D eigenvalue weighted by Gasteiger charge is -2.34. The molecule has 0 N–H and O–H groups in total. The number of pyridine rings is 1. The van der Waals surface area contributed by atoms with E-state index in [0.717, 1.165) is 19.6 Å². The van der Waals surface area contributed by atoms with Gasteiger partial charge in [-0.2, -0.15) is 5.10 Å². The first-order valence-corrected chi connectivity index (χ1v) is 12.8. The van der Waals surface area contributed by atoms with Crippen LogP contribution in [0.5, 0.6) is 0 Å². The number of aromatic nitrogens is 3. The molecule has 170 valence electrons. The van der Waals surface area contributed by atoms with Crippen molar-refractivity contribution in [1.82, 2.24) is 24.6 Å². The number of carbonyl (C=O) groups excluding carboxylic acids is 1. The summed E-state index contributed by atoms with van der Waals surface area (Å²) in [6, 6.07) is 5.07. The average molecular weight is 458 g/mol. The van der Waals surface area contributed by atoms with Crippen LogP contribution < -0.4 is 0 Å². The van der Waals surface area contributed by atoms with E-state index < -0.39 is 9.84 Å². The second-order valence-corrected chi connectivity index (χ2v) is 10.8. The molecule has 9 nitrogen and oxygen atoms in total. The van der Waals surface area contributed by atoms with Crippen molar-refractivity contribution in [3.8, 4) is 11.5 Å². The van der Waals surface area contributed by atoms with Crippen molar-refractivity contribution in [2.24, 2.45) is 0 Å². The Morgan fingerprint density at radius 3 is 2.66 bits per heavy atom. The number of hydrogen-bond donors (Lipinski definition) is 0. The number of amides is 1. The molecule has 3 aromatic heterocycles. The lowest BCUT2D eigenvalue weighted by molar-refractivity contribution is 0.0645. The number of fused-ring (bicyclic) bond motifs is 1. The number of piperazine rings is 1. The quantitative estimate of drug-likeness (QED) is 0.591. The molecule has 5 rings (SSSR count). The molecule has 2 aliphatic rings. The van der Waals surface area contributed by atoms with Crippen LogP contribution in [0, 0.1) is 6.92 Å². The molecule has 0 saturated carbocycles. The van der Waals surface area contributed by atoms with Gasteiger partial charge in [-0.05, 0) is 38.1 Å². The van der Waals surface area contributed by atoms with Crippen molar-refractivity contribution in [3.63, 3.8) is 0 Å². The van der Waals surface area contributed by atoms with E-state index in [1.54, 1.807) is 29.1 Å². The fourth-order valence-corrected chi connectivity index (χ4v) is 6.38. The average Bonchev–Trinajstić information content (AvgIpc) is 3.52. The van der Waals surface area contributed by atoms with Crippen LogP contribution in [0.15, 0.2) is 28.9 Å². The monoisotopic (exact) mass is 457 g/mol. The summed E-state index contributed by atoms with van der Waals surface area (Å²) in [5.41, 5.74) is 2.29. The second-order valence-electron chi connectivity index (χ2n) is 8.54. The van der Waals surface area contributed by atoms with Crippen LogP contribution in [-0.4, -0.2) is 83.1 Å². The maximum atomic E-state index is 13.6. The van der Waals surface area contributed by atoms with E-state index in [-0.39, 0.29) is 23.5 Å². The van der Waals surface area contributed by atoms with E-state index in [1.807, 2.05) is 11.8 Å². The van der Waals surface area contributed by atoms with Crippen molar-refractivity contribution in [1.29, 1.82) is 0 Å². The summed E-state index contributed by atoms with van der Waals surface area (Å²) in [6.45, 7) is 7.98. The molecule has 0 aromatic carbocycles. The minimum absolute atomic E-state index is 0.0398. The van der Waals surface area contributed by atoms with Crippen LogP contribution in [0.4, 0.5) is 0 Å². The van der Waals surface area contributed by atoms with Crippen LogP contribution in [-0.2, 0) is 9.84 Å². The molecule has 1 unspecified atom stereocenters. The van der Waals surface area contributed by atoms with Gasteiger partial charge in [-0.25, -0.2) is 18.1 Å². The molecule has 10 heteroatoms. The standard InChI is InChI=1S/C22H27N5O4S/c1-3-25-7-9-26(10-8-25)22(28)17-13-18(19-5-4-11-31-19)23-21-20(17)15(2)24-27(21)16-6-12-32(29,30)14-16/h4-5,11,13,16H,3,6-10,12,14H2,1-2H3. The number of likely N-dealkylation sites (N-methyl/N-ethyl adjacent to an activating group) is 1. The Morgan fingerprint density at radius 1 is 1.25 bits per heavy atom. The fraction of sp³-hybridized carbons (Fsp3) is 0.500. The number of rotatable bonds is 4. The van der Waals surface area contributed by atoms with Crippen LogP contribution in [0.2, 0.25) is 0 Å². The number of aryl methyl sites for hydroxylation is 1. The Balaban J connectivity index is 1.62. The summed E-state index contributed by atoms with van der Waals surface area (Å²) < 4.78 is 31.5. The Hall–Kier alpha value is -2.72. The third-order valence-corrected chi connectivity index (χ3v) is 8.25. The lowest BCUT2D eigenvalue weighted by Crippen LogP contribution is -2.48. The minimum atomic E-state index is -3.09. The Kier molecular flexibility index (Phi) is 5.29. The fourth-order valence-electron chi connectivity index (χ4n) is 4.69. The normalized spacial score (nSPS) is 21.4. The predicted octanol–water partition coefficient (Wildman–Crippen LogP) is 2.14. The highest BCUT2D eigenvalue weighted by molar-refractivity contribution is 7.91. The summed E-state index contributed by atoms with van der Waals surface area (Å²) in [5.74, 6) is 0.686. The number of hydrogen-bond acceptors (Lipinski definition) is 7. The maximum absolute atomic E-state index is 13.6. The predicted molar refractivity (Wildman–Crippen MR) is 120 cm³/mol. The van der Waals surface area contributed by atoms with E-state index in [9.17, 15) is 13.2 Å². The Bertz CT molecular complexity index is 1260. The molecule has 3 aromatic rings. The summed E-state index contributed by atoms with van der Waals surface area (Å²) in [5, 5.41) is 5.34. The molecular weight excluding hydrogens is 430 g/mol. The van der Waals surface area contributed by atoms with Gasteiger partial charge in [0.15, 0.2) is 21.2 Å². The molecule has 0 radical (unpaired) electrons. The molecule has 32 heavy (non-hydrogen) atoms. The topological polar surface area (TPSA) is 102 Å². The van der Waals surface area contributed by atoms with Crippen molar-refractivity contribution in [2.75, 3.05) is 44.2 Å². The van der Waals surface area contributed by atoms with Gasteiger partial charge in [0.2, 0.25) is 0 Å². The highest BCUT2D eigenvalue weighted by Gasteiger charge is 2.33. The number of carbonyl (C=O) groups is 1. The van der Waals surface area contributed by atoms with Gasteiger partial charge in [0.25, 0.3) is 5.91 Å². The van der Waals surface area contributed by atoms with E-state index in [4.69, 9.17) is 9.40 Å². The van der Waals surface area contributed by atoms with E-state index in [0.29, 0.717) is 53.3 Å². The highest BCUT2D eigenvalue weighted by atomic mass is 32.2. The van der Waals surface area contributed by atoms with Crippen LogP contribution in [0.1, 0.15) is 35.4 Å². The molecule has 0 aliphatic carbocycles. The van der Waals surface area contributed by atoms with Crippen molar-refractivity contribution in [3.05, 3.63) is 35.7 Å². The van der Waals surface area contributed by atoms with Gasteiger partial charge < -0.3 is 14.2 Å². The SMILES string of the molecule is CCN1CCN(C(=O)c2cc(-c3ccco3)nc3c2c(C)nn3C2CCS(=O)(=O)C2)CC1. The van der Waals surface area contributed by atoms with Gasteiger partial charge in [0.1, 0.15) is 5.69 Å². The third-order valence-electron chi connectivity index (χ3n) is 6.50. The third kappa shape index (κ3) is 3.71. The zero-order chi connectivity index (χ0) is 22.5. The maximum Gasteiger partial charge on any atom is 0.254 e. The summed E-state index contributed by atoms with van der Waals surface area (Å²) >= 11 is 0. The van der Waals surface area contributed by atoms with Crippen molar-refractivity contribution in [2.45, 2.75) is 26.3 Å². The molecule has 2 saturated heterocycles. The summed E-state index contributed by atoms with van der Waals surface area (Å²) in [4.78, 5) is 22.6. The highest BCUT2D eigenvalue weighted by Crippen LogP contribution is 2.32. The molecule has 0 spiro atoms. The summed E-state index contributed by atoms with van der Waals surface area (Å²) in [6.07, 6.45) is 2.06. The summed E-state index contributed by atoms with van der Waals surface area (Å²) in [7, 11) is -3.09.